The molecule has 128 valence electrons. The lowest BCUT2D eigenvalue weighted by Gasteiger charge is -2.15. The van der Waals surface area contributed by atoms with Crippen molar-refractivity contribution in [2.75, 3.05) is 12.3 Å². The SMILES string of the molecule is CC(SCC(O)c1ccccc1)C(=O)NCCc1ccc(F)cc1. The highest BCUT2D eigenvalue weighted by atomic mass is 32.2. The number of halogens is 1. The maximum absolute atomic E-state index is 12.8. The van der Waals surface area contributed by atoms with Crippen molar-refractivity contribution in [2.45, 2.75) is 24.7 Å². The van der Waals surface area contributed by atoms with E-state index in [-0.39, 0.29) is 17.0 Å². The van der Waals surface area contributed by atoms with E-state index >= 15 is 0 Å². The molecule has 0 aromatic heterocycles. The van der Waals surface area contributed by atoms with Gasteiger partial charge in [-0.3, -0.25) is 4.79 Å². The van der Waals surface area contributed by atoms with Crippen LogP contribution >= 0.6 is 11.8 Å². The molecule has 0 fully saturated rings. The van der Waals surface area contributed by atoms with E-state index < -0.39 is 6.10 Å². The predicted octanol–water partition coefficient (Wildman–Crippen LogP) is 3.34. The minimum absolute atomic E-state index is 0.0534. The molecule has 0 bridgehead atoms. The van der Waals surface area contributed by atoms with Gasteiger partial charge in [-0.1, -0.05) is 42.5 Å². The number of rotatable bonds is 8. The highest BCUT2D eigenvalue weighted by Crippen LogP contribution is 2.21. The van der Waals surface area contributed by atoms with Crippen LogP contribution in [0.15, 0.2) is 54.6 Å². The van der Waals surface area contributed by atoms with E-state index in [0.717, 1.165) is 11.1 Å². The first kappa shape index (κ1) is 18.5. The Morgan fingerprint density at radius 2 is 1.83 bits per heavy atom. The molecule has 24 heavy (non-hydrogen) atoms. The lowest BCUT2D eigenvalue weighted by Crippen LogP contribution is -2.32. The summed E-state index contributed by atoms with van der Waals surface area (Å²) < 4.78 is 12.8. The molecule has 2 atom stereocenters. The third-order valence-corrected chi connectivity index (χ3v) is 4.91. The van der Waals surface area contributed by atoms with E-state index in [2.05, 4.69) is 5.32 Å². The number of hydrogen-bond donors (Lipinski definition) is 2. The van der Waals surface area contributed by atoms with Gasteiger partial charge in [-0.25, -0.2) is 4.39 Å². The van der Waals surface area contributed by atoms with Crippen LogP contribution in [0, 0.1) is 5.82 Å². The Morgan fingerprint density at radius 3 is 2.50 bits per heavy atom. The largest absolute Gasteiger partial charge is 0.388 e. The van der Waals surface area contributed by atoms with Crippen LogP contribution in [0.3, 0.4) is 0 Å². The van der Waals surface area contributed by atoms with Gasteiger partial charge in [0.1, 0.15) is 5.82 Å². The molecule has 2 N–H and O–H groups in total. The summed E-state index contributed by atoms with van der Waals surface area (Å²) in [6, 6.07) is 15.7. The number of thioether (sulfide) groups is 1. The fourth-order valence-corrected chi connectivity index (χ4v) is 3.11. The maximum atomic E-state index is 12.8. The molecular weight excluding hydrogens is 325 g/mol. The van der Waals surface area contributed by atoms with Crippen molar-refractivity contribution < 1.29 is 14.3 Å². The van der Waals surface area contributed by atoms with Crippen LogP contribution in [0.25, 0.3) is 0 Å². The topological polar surface area (TPSA) is 49.3 Å². The first-order chi connectivity index (χ1) is 11.6. The Balaban J connectivity index is 1.69. The van der Waals surface area contributed by atoms with Crippen molar-refractivity contribution in [3.05, 3.63) is 71.5 Å². The zero-order valence-electron chi connectivity index (χ0n) is 13.6. The van der Waals surface area contributed by atoms with Crippen LogP contribution in [0.2, 0.25) is 0 Å². The minimum Gasteiger partial charge on any atom is -0.388 e. The third kappa shape index (κ3) is 5.98. The summed E-state index contributed by atoms with van der Waals surface area (Å²) in [6.45, 7) is 2.34. The summed E-state index contributed by atoms with van der Waals surface area (Å²) in [6.07, 6.45) is 0.0847. The zero-order valence-corrected chi connectivity index (χ0v) is 14.4. The standard InChI is InChI=1S/C19H22FNO2S/c1-14(24-13-18(22)16-5-3-2-4-6-16)19(23)21-12-11-15-7-9-17(20)10-8-15/h2-10,14,18,22H,11-13H2,1H3,(H,21,23). The lowest BCUT2D eigenvalue weighted by atomic mass is 10.1. The minimum atomic E-state index is -0.578. The van der Waals surface area contributed by atoms with E-state index in [1.807, 2.05) is 37.3 Å². The quantitative estimate of drug-likeness (QED) is 0.770. The van der Waals surface area contributed by atoms with Gasteiger partial charge in [0.25, 0.3) is 0 Å². The molecule has 0 saturated heterocycles. The first-order valence-corrected chi connectivity index (χ1v) is 8.98. The van der Waals surface area contributed by atoms with Gasteiger partial charge in [-0.2, -0.15) is 0 Å². The van der Waals surface area contributed by atoms with Crippen molar-refractivity contribution in [3.63, 3.8) is 0 Å². The number of carbonyl (C=O) groups excluding carboxylic acids is 1. The van der Waals surface area contributed by atoms with Gasteiger partial charge in [0, 0.05) is 12.3 Å². The molecule has 2 unspecified atom stereocenters. The van der Waals surface area contributed by atoms with Gasteiger partial charge in [0.15, 0.2) is 0 Å². The Labute approximate surface area is 146 Å². The number of nitrogens with one attached hydrogen (secondary N) is 1. The second-order valence-corrected chi connectivity index (χ2v) is 6.94. The van der Waals surface area contributed by atoms with Gasteiger partial charge in [0.2, 0.25) is 5.91 Å². The lowest BCUT2D eigenvalue weighted by molar-refractivity contribution is -0.120. The monoisotopic (exact) mass is 347 g/mol. The second kappa shape index (κ2) is 9.45. The van der Waals surface area contributed by atoms with Crippen molar-refractivity contribution in [1.29, 1.82) is 0 Å². The molecule has 0 aliphatic heterocycles. The summed E-state index contributed by atoms with van der Waals surface area (Å²) in [5.41, 5.74) is 1.84. The molecule has 0 aliphatic carbocycles. The Hall–Kier alpha value is -1.85. The van der Waals surface area contributed by atoms with Crippen molar-refractivity contribution in [2.24, 2.45) is 0 Å². The molecule has 2 aromatic carbocycles. The normalized spacial score (nSPS) is 13.3. The number of amides is 1. The molecule has 1 amide bonds. The van der Waals surface area contributed by atoms with Crippen LogP contribution in [0.1, 0.15) is 24.2 Å². The number of aliphatic hydroxyl groups is 1. The van der Waals surface area contributed by atoms with Crippen LogP contribution in [-0.2, 0) is 11.2 Å². The summed E-state index contributed by atoms with van der Waals surface area (Å²) in [7, 11) is 0. The Bertz CT molecular complexity index is 634. The number of benzene rings is 2. The molecule has 0 aliphatic rings. The van der Waals surface area contributed by atoms with Crippen molar-refractivity contribution >= 4 is 17.7 Å². The summed E-state index contributed by atoms with van der Waals surface area (Å²) in [5.74, 6) is 0.156. The third-order valence-electron chi connectivity index (χ3n) is 3.68. The zero-order chi connectivity index (χ0) is 17.4. The molecule has 0 radical (unpaired) electrons. The molecule has 3 nitrogen and oxygen atoms in total. The number of hydrogen-bond acceptors (Lipinski definition) is 3. The van der Waals surface area contributed by atoms with E-state index in [1.165, 1.54) is 23.9 Å². The second-order valence-electron chi connectivity index (χ2n) is 5.57. The van der Waals surface area contributed by atoms with Crippen molar-refractivity contribution in [3.8, 4) is 0 Å². The summed E-state index contributed by atoms with van der Waals surface area (Å²) in [4.78, 5) is 12.1. The average Bonchev–Trinajstić information content (AvgIpc) is 2.61. The highest BCUT2D eigenvalue weighted by molar-refractivity contribution is 8.00. The number of aliphatic hydroxyl groups excluding tert-OH is 1. The van der Waals surface area contributed by atoms with Gasteiger partial charge in [0.05, 0.1) is 11.4 Å². The van der Waals surface area contributed by atoms with Gasteiger partial charge < -0.3 is 10.4 Å². The number of carbonyl (C=O) groups is 1. The fraction of sp³-hybridized carbons (Fsp3) is 0.316. The van der Waals surface area contributed by atoms with Crippen molar-refractivity contribution in [1.82, 2.24) is 5.32 Å². The highest BCUT2D eigenvalue weighted by Gasteiger charge is 2.16. The van der Waals surface area contributed by atoms with Gasteiger partial charge >= 0.3 is 0 Å². The molecule has 0 saturated carbocycles. The fourth-order valence-electron chi connectivity index (χ4n) is 2.21. The summed E-state index contributed by atoms with van der Waals surface area (Å²) >= 11 is 1.42. The molecule has 2 rings (SSSR count). The molecule has 0 heterocycles. The first-order valence-electron chi connectivity index (χ1n) is 7.93. The molecule has 2 aromatic rings. The van der Waals surface area contributed by atoms with Gasteiger partial charge in [-0.15, -0.1) is 11.8 Å². The maximum Gasteiger partial charge on any atom is 0.232 e. The van der Waals surface area contributed by atoms with Crippen LogP contribution in [0.5, 0.6) is 0 Å². The Morgan fingerprint density at radius 1 is 1.17 bits per heavy atom. The average molecular weight is 347 g/mol. The smallest absolute Gasteiger partial charge is 0.232 e. The van der Waals surface area contributed by atoms with Gasteiger partial charge in [-0.05, 0) is 36.6 Å². The van der Waals surface area contributed by atoms with E-state index in [0.29, 0.717) is 18.7 Å². The van der Waals surface area contributed by atoms with Crippen LogP contribution in [-0.4, -0.2) is 28.6 Å². The molecule has 5 heteroatoms. The Kier molecular flexibility index (Phi) is 7.28. The van der Waals surface area contributed by atoms with E-state index in [9.17, 15) is 14.3 Å². The van der Waals surface area contributed by atoms with Crippen LogP contribution in [0.4, 0.5) is 4.39 Å². The predicted molar refractivity (Wildman–Crippen MR) is 96.4 cm³/mol. The summed E-state index contributed by atoms with van der Waals surface area (Å²) in [5, 5.41) is 12.7. The molecule has 0 spiro atoms. The van der Waals surface area contributed by atoms with E-state index in [4.69, 9.17) is 0 Å². The van der Waals surface area contributed by atoms with Crippen LogP contribution < -0.4 is 5.32 Å². The van der Waals surface area contributed by atoms with E-state index in [1.54, 1.807) is 12.1 Å². The molecular formula is C19H22FNO2S.